The van der Waals surface area contributed by atoms with Gasteiger partial charge in [0.25, 0.3) is 0 Å². The molecule has 0 atom stereocenters. The first-order chi connectivity index (χ1) is 24.8. The predicted octanol–water partition coefficient (Wildman–Crippen LogP) is 9.84. The molecule has 0 radical (unpaired) electrons. The molecule has 4 rings (SSSR count). The van der Waals surface area contributed by atoms with Crippen LogP contribution in [-0.2, 0) is 52.9 Å². The fourth-order valence-corrected chi connectivity index (χ4v) is 6.40. The number of Topliss-reactive ketones (excluding diaryl/α,β-unsaturated/α-hetero) is 2. The molecule has 0 aliphatic carbocycles. The summed E-state index contributed by atoms with van der Waals surface area (Å²) in [6.45, 7) is 20.7. The third kappa shape index (κ3) is 21.1. The van der Waals surface area contributed by atoms with E-state index in [1.54, 1.807) is 0 Å². The summed E-state index contributed by atoms with van der Waals surface area (Å²) in [5.41, 5.74) is 7.77. The van der Waals surface area contributed by atoms with Gasteiger partial charge in [-0.05, 0) is 116 Å². The van der Waals surface area contributed by atoms with E-state index in [2.05, 4.69) is 112 Å². The molecule has 0 spiro atoms. The summed E-state index contributed by atoms with van der Waals surface area (Å²) in [5, 5.41) is 2.51. The molecule has 0 saturated carbocycles. The number of piperidine rings is 1. The van der Waals surface area contributed by atoms with Crippen LogP contribution in [0.1, 0.15) is 121 Å². The molecule has 1 heterocycles. The summed E-state index contributed by atoms with van der Waals surface area (Å²) < 4.78 is 0. The highest BCUT2D eigenvalue weighted by Gasteiger charge is 2.09. The molecule has 0 unspecified atom stereocenters. The number of amides is 1. The van der Waals surface area contributed by atoms with E-state index in [-0.39, 0.29) is 18.2 Å². The Kier molecular flexibility index (Phi) is 21.8. The van der Waals surface area contributed by atoms with Crippen LogP contribution < -0.4 is 5.32 Å². The van der Waals surface area contributed by atoms with Crippen molar-refractivity contribution in [2.75, 3.05) is 26.2 Å². The van der Waals surface area contributed by atoms with E-state index in [1.807, 2.05) is 19.1 Å². The zero-order valence-corrected chi connectivity index (χ0v) is 33.9. The van der Waals surface area contributed by atoms with Crippen molar-refractivity contribution >= 4 is 17.5 Å². The van der Waals surface area contributed by atoms with Crippen molar-refractivity contribution in [1.29, 1.82) is 0 Å². The van der Waals surface area contributed by atoms with Gasteiger partial charge in [-0.3, -0.25) is 14.4 Å². The Morgan fingerprint density at radius 1 is 0.577 bits per heavy atom. The van der Waals surface area contributed by atoms with Crippen LogP contribution >= 0.6 is 0 Å². The summed E-state index contributed by atoms with van der Waals surface area (Å²) in [6, 6.07) is 25.8. The summed E-state index contributed by atoms with van der Waals surface area (Å²) in [5.74, 6) is 2.25. The second-order valence-corrected chi connectivity index (χ2v) is 15.9. The molecule has 5 nitrogen and oxygen atoms in total. The lowest BCUT2D eigenvalue weighted by molar-refractivity contribution is -0.123. The fraction of sp³-hybridized carbons (Fsp3) is 0.553. The Hall–Kier alpha value is -3.57. The second-order valence-electron chi connectivity index (χ2n) is 15.9. The van der Waals surface area contributed by atoms with Crippen molar-refractivity contribution in [3.8, 4) is 0 Å². The van der Waals surface area contributed by atoms with Gasteiger partial charge in [0, 0.05) is 26.2 Å². The van der Waals surface area contributed by atoms with Gasteiger partial charge in [-0.2, -0.15) is 0 Å². The SMILES string of the molecule is CC(=O)NCC(=O)Cc1ccc(CC(C)C)cc1.CC(C)Cc1ccc(CCCN2CCCCC2)cc1.CCC(=O)Cc1ccc(CC(C)C)cc1. The van der Waals surface area contributed by atoms with Crippen molar-refractivity contribution in [1.82, 2.24) is 10.2 Å². The molecule has 1 saturated heterocycles. The molecule has 0 bridgehead atoms. The van der Waals surface area contributed by atoms with E-state index >= 15 is 0 Å². The van der Waals surface area contributed by atoms with Crippen molar-refractivity contribution < 1.29 is 14.4 Å². The molecule has 286 valence electrons. The van der Waals surface area contributed by atoms with E-state index in [4.69, 9.17) is 0 Å². The Balaban J connectivity index is 0.000000272. The van der Waals surface area contributed by atoms with Gasteiger partial charge in [-0.1, -0.05) is 128 Å². The van der Waals surface area contributed by atoms with Crippen LogP contribution in [0.4, 0.5) is 0 Å². The number of ketones is 2. The molecule has 1 aliphatic rings. The molecule has 3 aromatic carbocycles. The maximum Gasteiger partial charge on any atom is 0.217 e. The highest BCUT2D eigenvalue weighted by atomic mass is 16.2. The molecule has 0 aromatic heterocycles. The van der Waals surface area contributed by atoms with Gasteiger partial charge >= 0.3 is 0 Å². The minimum atomic E-state index is -0.171. The molecule has 3 aromatic rings. The van der Waals surface area contributed by atoms with Crippen LogP contribution in [0.25, 0.3) is 0 Å². The average molecular weight is 711 g/mol. The third-order valence-electron chi connectivity index (χ3n) is 9.12. The number of carbonyl (C=O) groups excluding carboxylic acids is 3. The van der Waals surface area contributed by atoms with E-state index in [0.29, 0.717) is 36.9 Å². The zero-order valence-electron chi connectivity index (χ0n) is 33.9. The molecule has 1 amide bonds. The van der Waals surface area contributed by atoms with Gasteiger partial charge in [0.15, 0.2) is 5.78 Å². The first-order valence-electron chi connectivity index (χ1n) is 20.1. The monoisotopic (exact) mass is 711 g/mol. The minimum absolute atomic E-state index is 0.0295. The number of benzene rings is 3. The first kappa shape index (κ1) is 44.6. The second kappa shape index (κ2) is 25.4. The number of hydrogen-bond donors (Lipinski definition) is 1. The third-order valence-corrected chi connectivity index (χ3v) is 9.12. The summed E-state index contributed by atoms with van der Waals surface area (Å²) >= 11 is 0. The number of hydrogen-bond acceptors (Lipinski definition) is 4. The topological polar surface area (TPSA) is 66.5 Å². The highest BCUT2D eigenvalue weighted by molar-refractivity contribution is 5.86. The Labute approximate surface area is 317 Å². The van der Waals surface area contributed by atoms with Crippen molar-refractivity contribution in [2.24, 2.45) is 17.8 Å². The van der Waals surface area contributed by atoms with Gasteiger partial charge in [-0.25, -0.2) is 0 Å². The summed E-state index contributed by atoms with van der Waals surface area (Å²) in [7, 11) is 0. The summed E-state index contributed by atoms with van der Waals surface area (Å²) in [4.78, 5) is 36.1. The fourth-order valence-electron chi connectivity index (χ4n) is 6.40. The molecule has 52 heavy (non-hydrogen) atoms. The Morgan fingerprint density at radius 3 is 1.35 bits per heavy atom. The maximum absolute atomic E-state index is 11.6. The number of likely N-dealkylation sites (tertiary alicyclic amines) is 1. The molecule has 1 N–H and O–H groups in total. The van der Waals surface area contributed by atoms with Gasteiger partial charge in [0.1, 0.15) is 5.78 Å². The minimum Gasteiger partial charge on any atom is -0.349 e. The van der Waals surface area contributed by atoms with Crippen LogP contribution in [0.15, 0.2) is 72.8 Å². The van der Waals surface area contributed by atoms with Crippen LogP contribution in [-0.4, -0.2) is 48.6 Å². The number of aryl methyl sites for hydroxylation is 1. The number of carbonyl (C=O) groups is 3. The largest absolute Gasteiger partial charge is 0.349 e. The number of rotatable bonds is 17. The lowest BCUT2D eigenvalue weighted by Gasteiger charge is -2.26. The molecular weight excluding hydrogens is 641 g/mol. The predicted molar refractivity (Wildman–Crippen MR) is 220 cm³/mol. The van der Waals surface area contributed by atoms with Crippen LogP contribution in [0.5, 0.6) is 0 Å². The van der Waals surface area contributed by atoms with Gasteiger partial charge < -0.3 is 10.2 Å². The van der Waals surface area contributed by atoms with Crippen LogP contribution in [0.2, 0.25) is 0 Å². The molecule has 1 fully saturated rings. The van der Waals surface area contributed by atoms with E-state index in [9.17, 15) is 14.4 Å². The number of nitrogens with zero attached hydrogens (tertiary/aromatic N) is 1. The number of nitrogens with one attached hydrogen (secondary N) is 1. The quantitative estimate of drug-likeness (QED) is 0.152. The lowest BCUT2D eigenvalue weighted by atomic mass is 10.00. The lowest BCUT2D eigenvalue weighted by Crippen LogP contribution is -2.30. The van der Waals surface area contributed by atoms with Gasteiger partial charge in [0.05, 0.1) is 6.54 Å². The van der Waals surface area contributed by atoms with E-state index in [0.717, 1.165) is 29.9 Å². The van der Waals surface area contributed by atoms with Crippen molar-refractivity contribution in [3.63, 3.8) is 0 Å². The van der Waals surface area contributed by atoms with Gasteiger partial charge in [-0.15, -0.1) is 0 Å². The van der Waals surface area contributed by atoms with Gasteiger partial charge in [0.2, 0.25) is 5.91 Å². The van der Waals surface area contributed by atoms with E-state index < -0.39 is 0 Å². The Bertz CT molecular complexity index is 1420. The molecule has 5 heteroatoms. The molecular formula is C47H70N2O3. The average Bonchev–Trinajstić information content (AvgIpc) is 3.10. The first-order valence-corrected chi connectivity index (χ1v) is 20.1. The van der Waals surface area contributed by atoms with E-state index in [1.165, 1.54) is 87.3 Å². The smallest absolute Gasteiger partial charge is 0.217 e. The van der Waals surface area contributed by atoms with Crippen molar-refractivity contribution in [3.05, 3.63) is 106 Å². The van der Waals surface area contributed by atoms with Crippen LogP contribution in [0, 0.1) is 17.8 Å². The maximum atomic E-state index is 11.6. The standard InChI is InChI=1S/C18H29N.C15H21NO2.C14H20O/c1-16(2)15-18-10-8-17(9-11-18)7-6-14-19-12-4-3-5-13-19;1-11(2)8-13-4-6-14(7-5-13)9-15(18)10-16-12(3)17;1-4-14(15)10-13-7-5-12(6-8-13)9-11(2)3/h8-11,16H,3-7,12-15H2,1-2H3;4-7,11H,8-10H2,1-3H3,(H,16,17);5-8,11H,4,9-10H2,1-3H3. The van der Waals surface area contributed by atoms with Crippen molar-refractivity contribution in [2.45, 2.75) is 126 Å². The normalized spacial score (nSPS) is 12.9. The molecule has 1 aliphatic heterocycles. The zero-order chi connectivity index (χ0) is 38.3. The van der Waals surface area contributed by atoms with Crippen LogP contribution in [0.3, 0.4) is 0 Å². The summed E-state index contributed by atoms with van der Waals surface area (Å²) in [6.07, 6.45) is 11.8. The highest BCUT2D eigenvalue weighted by Crippen LogP contribution is 2.14. The Morgan fingerprint density at radius 2 is 0.962 bits per heavy atom.